The van der Waals surface area contributed by atoms with Gasteiger partial charge in [-0.1, -0.05) is 12.1 Å². The average Bonchev–Trinajstić information content (AvgIpc) is 2.84. The zero-order chi connectivity index (χ0) is 16.7. The number of carbonyl (C=O) groups is 1. The van der Waals surface area contributed by atoms with Crippen LogP contribution >= 0.6 is 0 Å². The van der Waals surface area contributed by atoms with Crippen LogP contribution in [0, 0.1) is 5.82 Å². The normalized spacial score (nSPS) is 25.7. The fourth-order valence-electron chi connectivity index (χ4n) is 4.21. The van der Waals surface area contributed by atoms with Crippen LogP contribution in [0.5, 0.6) is 5.75 Å². The van der Waals surface area contributed by atoms with Crippen molar-refractivity contribution < 1.29 is 14.3 Å². The Morgan fingerprint density at radius 2 is 1.79 bits per heavy atom. The van der Waals surface area contributed by atoms with E-state index in [4.69, 9.17) is 0 Å². The Labute approximate surface area is 139 Å². The highest BCUT2D eigenvalue weighted by molar-refractivity contribution is 5.95. The Bertz CT molecular complexity index is 748. The van der Waals surface area contributed by atoms with E-state index in [1.165, 1.54) is 30.6 Å². The number of fused-ring (bicyclic) bond motifs is 2. The van der Waals surface area contributed by atoms with Gasteiger partial charge < -0.3 is 10.0 Å². The summed E-state index contributed by atoms with van der Waals surface area (Å²) in [5.41, 5.74) is 1.59. The van der Waals surface area contributed by atoms with Crippen molar-refractivity contribution in [2.75, 3.05) is 0 Å². The van der Waals surface area contributed by atoms with Crippen molar-refractivity contribution >= 4 is 5.91 Å². The van der Waals surface area contributed by atoms with E-state index >= 15 is 0 Å². The van der Waals surface area contributed by atoms with Crippen LogP contribution in [0.25, 0.3) is 0 Å². The van der Waals surface area contributed by atoms with E-state index in [9.17, 15) is 14.3 Å². The number of carbonyl (C=O) groups excluding carboxylic acids is 1. The first-order chi connectivity index (χ1) is 11.6. The number of benzene rings is 1. The second-order valence-corrected chi connectivity index (χ2v) is 6.75. The van der Waals surface area contributed by atoms with E-state index in [2.05, 4.69) is 4.98 Å². The molecule has 2 fully saturated rings. The molecule has 0 radical (unpaired) electrons. The Kier molecular flexibility index (Phi) is 3.71. The van der Waals surface area contributed by atoms with Crippen LogP contribution in [0.3, 0.4) is 0 Å². The van der Waals surface area contributed by atoms with Crippen LogP contribution in [0.1, 0.15) is 47.5 Å². The lowest BCUT2D eigenvalue weighted by atomic mass is 9.85. The lowest BCUT2D eigenvalue weighted by Gasteiger charge is -2.39. The quantitative estimate of drug-likeness (QED) is 0.919. The van der Waals surface area contributed by atoms with E-state index in [0.29, 0.717) is 11.5 Å². The summed E-state index contributed by atoms with van der Waals surface area (Å²) < 4.78 is 13.1. The maximum atomic E-state index is 13.1. The molecule has 2 bridgehead atoms. The number of aromatic hydroxyl groups is 1. The van der Waals surface area contributed by atoms with E-state index in [-0.39, 0.29) is 29.6 Å². The minimum absolute atomic E-state index is 0.00870. The van der Waals surface area contributed by atoms with Crippen molar-refractivity contribution in [1.82, 2.24) is 9.88 Å². The largest absolute Gasteiger partial charge is 0.506 e. The summed E-state index contributed by atoms with van der Waals surface area (Å²) in [6, 6.07) is 8.61. The van der Waals surface area contributed by atoms with Gasteiger partial charge in [-0.25, -0.2) is 4.39 Å². The van der Waals surface area contributed by atoms with Gasteiger partial charge in [-0.15, -0.1) is 0 Å². The Morgan fingerprint density at radius 3 is 2.42 bits per heavy atom. The highest BCUT2D eigenvalue weighted by Crippen LogP contribution is 2.43. The Balaban J connectivity index is 1.55. The second kappa shape index (κ2) is 5.89. The molecule has 124 valence electrons. The Hall–Kier alpha value is -2.43. The van der Waals surface area contributed by atoms with Gasteiger partial charge in [-0.2, -0.15) is 0 Å². The number of amides is 1. The Morgan fingerprint density at radius 1 is 1.12 bits per heavy atom. The van der Waals surface area contributed by atoms with Gasteiger partial charge in [0, 0.05) is 18.3 Å². The van der Waals surface area contributed by atoms with Gasteiger partial charge in [0.15, 0.2) is 0 Å². The summed E-state index contributed by atoms with van der Waals surface area (Å²) in [7, 11) is 0. The average molecular weight is 326 g/mol. The molecule has 2 aromatic rings. The third-order valence-corrected chi connectivity index (χ3v) is 5.28. The zero-order valence-electron chi connectivity index (χ0n) is 13.2. The molecule has 2 aliphatic heterocycles. The maximum Gasteiger partial charge on any atom is 0.256 e. The van der Waals surface area contributed by atoms with Crippen LogP contribution in [0.4, 0.5) is 4.39 Å². The molecule has 1 N–H and O–H groups in total. The minimum atomic E-state index is -0.217. The molecule has 1 amide bonds. The van der Waals surface area contributed by atoms with Crippen molar-refractivity contribution in [2.45, 2.75) is 43.7 Å². The molecular formula is C19H19FN2O2. The fraction of sp³-hybridized carbons (Fsp3) is 0.368. The predicted octanol–water partition coefficient (Wildman–Crippen LogP) is 3.48. The van der Waals surface area contributed by atoms with Gasteiger partial charge in [-0.05, 0) is 55.4 Å². The number of rotatable bonds is 2. The molecule has 1 aromatic carbocycles. The number of pyridine rings is 1. The van der Waals surface area contributed by atoms with E-state index < -0.39 is 0 Å². The number of halogens is 1. The molecule has 4 nitrogen and oxygen atoms in total. The van der Waals surface area contributed by atoms with E-state index in [1.54, 1.807) is 0 Å². The van der Waals surface area contributed by atoms with Crippen molar-refractivity contribution in [3.63, 3.8) is 0 Å². The second-order valence-electron chi connectivity index (χ2n) is 6.75. The monoisotopic (exact) mass is 326 g/mol. The first kappa shape index (κ1) is 15.1. The smallest absolute Gasteiger partial charge is 0.256 e. The number of hydrogen-bond acceptors (Lipinski definition) is 3. The minimum Gasteiger partial charge on any atom is -0.506 e. The SMILES string of the molecule is O=C(c1cncc(O)c1)N1[C@H]2CC[C@H]1CC(c1ccc(F)cc1)C2. The van der Waals surface area contributed by atoms with Gasteiger partial charge in [0.25, 0.3) is 5.91 Å². The first-order valence-electron chi connectivity index (χ1n) is 8.34. The molecule has 4 rings (SSSR count). The maximum absolute atomic E-state index is 13.1. The number of nitrogens with zero attached hydrogens (tertiary/aromatic N) is 2. The van der Waals surface area contributed by atoms with Crippen LogP contribution in [-0.2, 0) is 0 Å². The number of aromatic nitrogens is 1. The fourth-order valence-corrected chi connectivity index (χ4v) is 4.21. The lowest BCUT2D eigenvalue weighted by Crippen LogP contribution is -2.46. The summed E-state index contributed by atoms with van der Waals surface area (Å²) >= 11 is 0. The predicted molar refractivity (Wildman–Crippen MR) is 87.3 cm³/mol. The number of hydrogen-bond donors (Lipinski definition) is 1. The van der Waals surface area contributed by atoms with E-state index in [0.717, 1.165) is 31.2 Å². The third-order valence-electron chi connectivity index (χ3n) is 5.28. The number of piperidine rings is 1. The molecular weight excluding hydrogens is 307 g/mol. The van der Waals surface area contributed by atoms with E-state index in [1.807, 2.05) is 17.0 Å². The molecule has 5 heteroatoms. The van der Waals surface area contributed by atoms with Gasteiger partial charge in [0.2, 0.25) is 0 Å². The first-order valence-corrected chi connectivity index (χ1v) is 8.34. The molecule has 2 aliphatic rings. The summed E-state index contributed by atoms with van der Waals surface area (Å²) in [6.07, 6.45) is 6.64. The highest BCUT2D eigenvalue weighted by atomic mass is 19.1. The third kappa shape index (κ3) is 2.64. The lowest BCUT2D eigenvalue weighted by molar-refractivity contribution is 0.0570. The molecule has 0 saturated carbocycles. The van der Waals surface area contributed by atoms with Gasteiger partial charge in [0.05, 0.1) is 11.8 Å². The van der Waals surface area contributed by atoms with Crippen molar-refractivity contribution in [3.8, 4) is 5.75 Å². The van der Waals surface area contributed by atoms with Gasteiger partial charge >= 0.3 is 0 Å². The van der Waals surface area contributed by atoms with Crippen molar-refractivity contribution in [1.29, 1.82) is 0 Å². The molecule has 0 spiro atoms. The summed E-state index contributed by atoms with van der Waals surface area (Å²) in [6.45, 7) is 0. The van der Waals surface area contributed by atoms with Crippen molar-refractivity contribution in [3.05, 3.63) is 59.7 Å². The highest BCUT2D eigenvalue weighted by Gasteiger charge is 2.43. The van der Waals surface area contributed by atoms with Crippen LogP contribution in [0.15, 0.2) is 42.7 Å². The van der Waals surface area contributed by atoms with Gasteiger partial charge in [0.1, 0.15) is 11.6 Å². The molecule has 2 atom stereocenters. The molecule has 24 heavy (non-hydrogen) atoms. The molecule has 2 saturated heterocycles. The molecule has 0 aliphatic carbocycles. The molecule has 0 unspecified atom stereocenters. The zero-order valence-corrected chi connectivity index (χ0v) is 13.2. The van der Waals surface area contributed by atoms with Crippen molar-refractivity contribution in [2.24, 2.45) is 0 Å². The molecule has 1 aromatic heterocycles. The van der Waals surface area contributed by atoms with Crippen LogP contribution in [-0.4, -0.2) is 33.0 Å². The van der Waals surface area contributed by atoms with Crippen LogP contribution in [0.2, 0.25) is 0 Å². The summed E-state index contributed by atoms with van der Waals surface area (Å²) in [4.78, 5) is 18.7. The summed E-state index contributed by atoms with van der Waals surface area (Å²) in [5.74, 6) is 0.109. The molecule has 3 heterocycles. The summed E-state index contributed by atoms with van der Waals surface area (Å²) in [5, 5.41) is 9.56. The van der Waals surface area contributed by atoms with Gasteiger partial charge in [-0.3, -0.25) is 9.78 Å². The topological polar surface area (TPSA) is 53.4 Å². The van der Waals surface area contributed by atoms with Crippen LogP contribution < -0.4 is 0 Å². The standard InChI is InChI=1S/C19H19FN2O2/c20-15-3-1-12(2-4-15)13-7-16-5-6-17(8-13)22(16)19(24)14-9-18(23)11-21-10-14/h1-4,9-11,13,16-17,23H,5-8H2/t16-,17-/m0/s1.